The highest BCUT2D eigenvalue weighted by atomic mass is 16.2. The van der Waals surface area contributed by atoms with Crippen molar-refractivity contribution < 1.29 is 9.59 Å². The molecule has 3 amide bonds. The van der Waals surface area contributed by atoms with Crippen molar-refractivity contribution in [3.05, 3.63) is 60.2 Å². The van der Waals surface area contributed by atoms with Gasteiger partial charge in [-0.1, -0.05) is 36.4 Å². The van der Waals surface area contributed by atoms with Gasteiger partial charge in [0.05, 0.1) is 11.7 Å². The third kappa shape index (κ3) is 3.29. The van der Waals surface area contributed by atoms with E-state index in [9.17, 15) is 9.59 Å². The lowest BCUT2D eigenvalue weighted by atomic mass is 9.90. The van der Waals surface area contributed by atoms with Crippen molar-refractivity contribution >= 4 is 23.3 Å². The molecule has 0 spiro atoms. The Bertz CT molecular complexity index is 791. The van der Waals surface area contributed by atoms with Crippen LogP contribution in [0.4, 0.5) is 16.2 Å². The number of rotatable bonds is 3. The number of urea groups is 1. The minimum Gasteiger partial charge on any atom is -0.338 e. The number of nitrogens with zero attached hydrogens (tertiary/aromatic N) is 2. The van der Waals surface area contributed by atoms with Gasteiger partial charge in [-0.25, -0.2) is 4.79 Å². The molecule has 26 heavy (non-hydrogen) atoms. The van der Waals surface area contributed by atoms with E-state index in [1.807, 2.05) is 73.3 Å². The first kappa shape index (κ1) is 18.0. The molecule has 1 heterocycles. The summed E-state index contributed by atoms with van der Waals surface area (Å²) in [6.07, 6.45) is 0.683. The molecule has 2 unspecified atom stereocenters. The smallest absolute Gasteiger partial charge is 0.322 e. The minimum atomic E-state index is -0.105. The SMILES string of the molecule is CCNC(=O)N1c2ccccc2C(N(C(C)=O)c2ccccc2)CC1C. The number of amides is 3. The molecular formula is C21H25N3O2. The fourth-order valence-corrected chi connectivity index (χ4v) is 3.74. The van der Waals surface area contributed by atoms with Crippen LogP contribution in [0.1, 0.15) is 38.8 Å². The van der Waals surface area contributed by atoms with Crippen molar-refractivity contribution in [2.45, 2.75) is 39.3 Å². The van der Waals surface area contributed by atoms with E-state index in [1.165, 1.54) is 0 Å². The van der Waals surface area contributed by atoms with Gasteiger partial charge in [0.25, 0.3) is 0 Å². The number of benzene rings is 2. The van der Waals surface area contributed by atoms with Crippen LogP contribution in [-0.2, 0) is 4.79 Å². The monoisotopic (exact) mass is 351 g/mol. The Morgan fingerprint density at radius 3 is 2.42 bits per heavy atom. The normalized spacial score (nSPS) is 18.8. The summed E-state index contributed by atoms with van der Waals surface area (Å²) >= 11 is 0. The van der Waals surface area contributed by atoms with E-state index in [2.05, 4.69) is 5.32 Å². The summed E-state index contributed by atoms with van der Waals surface area (Å²) in [5.74, 6) is -0.00494. The summed E-state index contributed by atoms with van der Waals surface area (Å²) < 4.78 is 0. The average molecular weight is 351 g/mol. The fourth-order valence-electron chi connectivity index (χ4n) is 3.74. The Morgan fingerprint density at radius 1 is 1.12 bits per heavy atom. The number of hydrogen-bond donors (Lipinski definition) is 1. The van der Waals surface area contributed by atoms with E-state index < -0.39 is 0 Å². The molecule has 1 aliphatic rings. The number of fused-ring (bicyclic) bond motifs is 1. The molecule has 0 fully saturated rings. The van der Waals surface area contributed by atoms with E-state index in [0.29, 0.717) is 13.0 Å². The third-order valence-corrected chi connectivity index (χ3v) is 4.79. The van der Waals surface area contributed by atoms with Crippen LogP contribution in [0.3, 0.4) is 0 Å². The zero-order valence-corrected chi connectivity index (χ0v) is 15.5. The van der Waals surface area contributed by atoms with Crippen molar-refractivity contribution in [1.29, 1.82) is 0 Å². The average Bonchev–Trinajstić information content (AvgIpc) is 2.62. The van der Waals surface area contributed by atoms with Crippen molar-refractivity contribution in [2.24, 2.45) is 0 Å². The summed E-state index contributed by atoms with van der Waals surface area (Å²) in [7, 11) is 0. The topological polar surface area (TPSA) is 52.7 Å². The number of anilines is 2. The largest absolute Gasteiger partial charge is 0.338 e. The van der Waals surface area contributed by atoms with Gasteiger partial charge >= 0.3 is 6.03 Å². The second kappa shape index (κ2) is 7.60. The van der Waals surface area contributed by atoms with E-state index in [4.69, 9.17) is 0 Å². The summed E-state index contributed by atoms with van der Waals surface area (Å²) in [4.78, 5) is 28.7. The maximum Gasteiger partial charge on any atom is 0.322 e. The van der Waals surface area contributed by atoms with E-state index in [-0.39, 0.29) is 24.0 Å². The van der Waals surface area contributed by atoms with Crippen molar-refractivity contribution in [3.63, 3.8) is 0 Å². The molecule has 5 nitrogen and oxygen atoms in total. The predicted molar refractivity (Wildman–Crippen MR) is 104 cm³/mol. The molecule has 0 aromatic heterocycles. The second-order valence-corrected chi connectivity index (χ2v) is 6.59. The molecule has 0 aliphatic carbocycles. The van der Waals surface area contributed by atoms with Crippen molar-refractivity contribution in [3.8, 4) is 0 Å². The quantitative estimate of drug-likeness (QED) is 0.905. The van der Waals surface area contributed by atoms with Gasteiger partial charge < -0.3 is 10.2 Å². The van der Waals surface area contributed by atoms with E-state index in [0.717, 1.165) is 16.9 Å². The highest BCUT2D eigenvalue weighted by Gasteiger charge is 2.37. The molecule has 5 heteroatoms. The standard InChI is InChI=1S/C21H25N3O2/c1-4-22-21(26)23-15(2)14-20(18-12-8-9-13-19(18)23)24(16(3)25)17-10-6-5-7-11-17/h5-13,15,20H,4,14H2,1-3H3,(H,22,26). The van der Waals surface area contributed by atoms with Gasteiger partial charge in [0.1, 0.15) is 0 Å². The predicted octanol–water partition coefficient (Wildman–Crippen LogP) is 4.11. The summed E-state index contributed by atoms with van der Waals surface area (Å²) in [5.41, 5.74) is 2.73. The van der Waals surface area contributed by atoms with Crippen LogP contribution in [-0.4, -0.2) is 24.5 Å². The molecular weight excluding hydrogens is 326 g/mol. The molecule has 0 bridgehead atoms. The first-order valence-corrected chi connectivity index (χ1v) is 9.05. The fraction of sp³-hybridized carbons (Fsp3) is 0.333. The van der Waals surface area contributed by atoms with E-state index in [1.54, 1.807) is 11.8 Å². The van der Waals surface area contributed by atoms with Gasteiger partial charge in [-0.2, -0.15) is 0 Å². The highest BCUT2D eigenvalue weighted by Crippen LogP contribution is 2.42. The lowest BCUT2D eigenvalue weighted by molar-refractivity contribution is -0.117. The summed E-state index contributed by atoms with van der Waals surface area (Å²) in [6, 6.07) is 17.3. The van der Waals surface area contributed by atoms with Crippen LogP contribution < -0.4 is 15.1 Å². The summed E-state index contributed by atoms with van der Waals surface area (Å²) in [6.45, 7) is 6.11. The molecule has 136 valence electrons. The number of para-hydroxylation sites is 2. The summed E-state index contributed by atoms with van der Waals surface area (Å²) in [5, 5.41) is 2.89. The third-order valence-electron chi connectivity index (χ3n) is 4.79. The van der Waals surface area contributed by atoms with Gasteiger partial charge in [-0.15, -0.1) is 0 Å². The molecule has 2 aromatic carbocycles. The van der Waals surface area contributed by atoms with Crippen LogP contribution in [0.5, 0.6) is 0 Å². The Hall–Kier alpha value is -2.82. The number of carbonyl (C=O) groups excluding carboxylic acids is 2. The maximum atomic E-state index is 12.6. The highest BCUT2D eigenvalue weighted by molar-refractivity contribution is 5.96. The molecule has 0 radical (unpaired) electrons. The van der Waals surface area contributed by atoms with Gasteiger partial charge in [0, 0.05) is 25.2 Å². The van der Waals surface area contributed by atoms with Crippen LogP contribution in [0.2, 0.25) is 0 Å². The first-order valence-electron chi connectivity index (χ1n) is 9.05. The second-order valence-electron chi connectivity index (χ2n) is 6.59. The molecule has 2 aromatic rings. The van der Waals surface area contributed by atoms with Gasteiger partial charge in [0.2, 0.25) is 5.91 Å². The molecule has 0 saturated heterocycles. The first-order chi connectivity index (χ1) is 12.5. The van der Waals surface area contributed by atoms with Crippen molar-refractivity contribution in [2.75, 3.05) is 16.3 Å². The molecule has 1 aliphatic heterocycles. The number of hydrogen-bond acceptors (Lipinski definition) is 2. The molecule has 3 rings (SSSR count). The lowest BCUT2D eigenvalue weighted by Crippen LogP contribution is -2.50. The molecule has 2 atom stereocenters. The zero-order valence-electron chi connectivity index (χ0n) is 15.5. The Labute approximate surface area is 154 Å². The lowest BCUT2D eigenvalue weighted by Gasteiger charge is -2.43. The van der Waals surface area contributed by atoms with Gasteiger partial charge in [-0.05, 0) is 44.0 Å². The van der Waals surface area contributed by atoms with Crippen LogP contribution in [0, 0.1) is 0 Å². The minimum absolute atomic E-state index is 0.00494. The van der Waals surface area contributed by atoms with Gasteiger partial charge in [-0.3, -0.25) is 9.69 Å². The number of carbonyl (C=O) groups is 2. The Balaban J connectivity index is 2.07. The van der Waals surface area contributed by atoms with Gasteiger partial charge in [0.15, 0.2) is 0 Å². The van der Waals surface area contributed by atoms with Crippen molar-refractivity contribution in [1.82, 2.24) is 5.32 Å². The molecule has 1 N–H and O–H groups in total. The van der Waals surface area contributed by atoms with E-state index >= 15 is 0 Å². The van der Waals surface area contributed by atoms with Crippen LogP contribution in [0.25, 0.3) is 0 Å². The Kier molecular flexibility index (Phi) is 5.26. The maximum absolute atomic E-state index is 12.6. The molecule has 0 saturated carbocycles. The Morgan fingerprint density at radius 2 is 1.77 bits per heavy atom. The van der Waals surface area contributed by atoms with Crippen LogP contribution in [0.15, 0.2) is 54.6 Å². The van der Waals surface area contributed by atoms with Crippen LogP contribution >= 0.6 is 0 Å². The zero-order chi connectivity index (χ0) is 18.7. The number of nitrogens with one attached hydrogen (secondary N) is 1.